The van der Waals surface area contributed by atoms with Gasteiger partial charge in [0, 0.05) is 35.8 Å². The highest BCUT2D eigenvalue weighted by atomic mass is 16.6. The Morgan fingerprint density at radius 1 is 1.13 bits per heavy atom. The summed E-state index contributed by atoms with van der Waals surface area (Å²) in [6, 6.07) is 16.4. The van der Waals surface area contributed by atoms with Gasteiger partial charge in [-0.3, -0.25) is 14.9 Å². The average Bonchev–Trinajstić information content (AvgIpc) is 3.14. The van der Waals surface area contributed by atoms with Gasteiger partial charge >= 0.3 is 0 Å². The van der Waals surface area contributed by atoms with E-state index in [0.29, 0.717) is 23.6 Å². The van der Waals surface area contributed by atoms with Crippen LogP contribution in [0.1, 0.15) is 21.6 Å². The van der Waals surface area contributed by atoms with E-state index in [9.17, 15) is 14.9 Å². The second-order valence-electron chi connectivity index (χ2n) is 6.78. The van der Waals surface area contributed by atoms with Crippen molar-refractivity contribution in [1.82, 2.24) is 9.38 Å². The molecule has 8 nitrogen and oxygen atoms in total. The number of carbonyl (C=O) groups is 1. The Balaban J connectivity index is 1.38. The number of fused-ring (bicyclic) bond motifs is 1. The lowest BCUT2D eigenvalue weighted by molar-refractivity contribution is -0.384. The van der Waals surface area contributed by atoms with E-state index in [-0.39, 0.29) is 11.6 Å². The number of carbonyl (C=O) groups excluding carboxylic acids is 1. The summed E-state index contributed by atoms with van der Waals surface area (Å²) in [7, 11) is 0. The summed E-state index contributed by atoms with van der Waals surface area (Å²) >= 11 is 0. The molecule has 0 aliphatic carbocycles. The van der Waals surface area contributed by atoms with E-state index in [1.54, 1.807) is 30.3 Å². The number of imidazole rings is 1. The number of anilines is 1. The first-order chi connectivity index (χ1) is 14.5. The van der Waals surface area contributed by atoms with Gasteiger partial charge in [0.05, 0.1) is 10.6 Å². The van der Waals surface area contributed by atoms with Crippen molar-refractivity contribution in [3.05, 3.63) is 100.0 Å². The molecule has 8 heteroatoms. The topological polar surface area (TPSA) is 98.8 Å². The van der Waals surface area contributed by atoms with Crippen LogP contribution in [0.2, 0.25) is 0 Å². The van der Waals surface area contributed by atoms with Gasteiger partial charge in [0.2, 0.25) is 0 Å². The molecule has 0 atom stereocenters. The molecule has 2 aromatic heterocycles. The standard InChI is InChI=1S/C22H18N4O4/c1-15-5-10-21-23-18(13-25(21)12-15)14-30-20-8-6-16(7-9-20)22(27)24-17-3-2-4-19(11-17)26(28)29/h2-13H,14H2,1H3,(H,24,27). The van der Waals surface area contributed by atoms with Gasteiger partial charge in [0.25, 0.3) is 11.6 Å². The van der Waals surface area contributed by atoms with Gasteiger partial charge in [0.1, 0.15) is 18.0 Å². The number of hydrogen-bond donors (Lipinski definition) is 1. The van der Waals surface area contributed by atoms with Crippen LogP contribution in [-0.4, -0.2) is 20.2 Å². The number of nitrogens with zero attached hydrogens (tertiary/aromatic N) is 3. The highest BCUT2D eigenvalue weighted by Crippen LogP contribution is 2.19. The number of nitro groups is 1. The molecule has 2 aromatic carbocycles. The summed E-state index contributed by atoms with van der Waals surface area (Å²) in [5.41, 5.74) is 3.49. The predicted octanol–water partition coefficient (Wildman–Crippen LogP) is 4.38. The average molecular weight is 402 g/mol. The van der Waals surface area contributed by atoms with Crippen molar-refractivity contribution in [3.8, 4) is 5.75 Å². The van der Waals surface area contributed by atoms with Gasteiger partial charge in [-0.25, -0.2) is 4.98 Å². The van der Waals surface area contributed by atoms with Gasteiger partial charge in [-0.15, -0.1) is 0 Å². The molecule has 4 aromatic rings. The summed E-state index contributed by atoms with van der Waals surface area (Å²) in [6.45, 7) is 2.33. The molecule has 0 fully saturated rings. The number of rotatable bonds is 6. The molecule has 0 aliphatic heterocycles. The molecule has 150 valence electrons. The van der Waals surface area contributed by atoms with Crippen LogP contribution >= 0.6 is 0 Å². The van der Waals surface area contributed by atoms with Gasteiger partial charge in [0.15, 0.2) is 0 Å². The second-order valence-corrected chi connectivity index (χ2v) is 6.78. The molecule has 0 saturated heterocycles. The fourth-order valence-corrected chi connectivity index (χ4v) is 2.99. The fraction of sp³-hybridized carbons (Fsp3) is 0.0909. The molecule has 0 bridgehead atoms. The van der Waals surface area contributed by atoms with Crippen molar-refractivity contribution in [2.45, 2.75) is 13.5 Å². The summed E-state index contributed by atoms with van der Waals surface area (Å²) < 4.78 is 7.72. The maximum Gasteiger partial charge on any atom is 0.271 e. The minimum absolute atomic E-state index is 0.0846. The number of nitro benzene ring substituents is 1. The molecule has 0 saturated carbocycles. The highest BCUT2D eigenvalue weighted by molar-refractivity contribution is 6.04. The first-order valence-corrected chi connectivity index (χ1v) is 9.21. The van der Waals surface area contributed by atoms with Crippen LogP contribution < -0.4 is 10.1 Å². The number of hydrogen-bond acceptors (Lipinski definition) is 5. The van der Waals surface area contributed by atoms with E-state index >= 15 is 0 Å². The first-order valence-electron chi connectivity index (χ1n) is 9.21. The minimum atomic E-state index is -0.508. The van der Waals surface area contributed by atoms with Crippen molar-refractivity contribution < 1.29 is 14.5 Å². The molecule has 0 radical (unpaired) electrons. The Labute approximate surface area is 171 Å². The van der Waals surface area contributed by atoms with Crippen LogP contribution in [0.25, 0.3) is 5.65 Å². The van der Waals surface area contributed by atoms with Crippen LogP contribution in [0, 0.1) is 17.0 Å². The Hall–Kier alpha value is -4.20. The number of amides is 1. The van der Waals surface area contributed by atoms with Crippen LogP contribution in [0.5, 0.6) is 5.75 Å². The van der Waals surface area contributed by atoms with E-state index in [4.69, 9.17) is 4.74 Å². The summed E-state index contributed by atoms with van der Waals surface area (Å²) in [5.74, 6) is 0.243. The second kappa shape index (κ2) is 8.04. The molecule has 4 rings (SSSR count). The molecule has 0 spiro atoms. The third kappa shape index (κ3) is 4.27. The molecular weight excluding hydrogens is 384 g/mol. The van der Waals surface area contributed by atoms with Crippen molar-refractivity contribution in [2.24, 2.45) is 0 Å². The van der Waals surface area contributed by atoms with Gasteiger partial charge in [-0.2, -0.15) is 0 Å². The lowest BCUT2D eigenvalue weighted by Gasteiger charge is -2.07. The van der Waals surface area contributed by atoms with Crippen LogP contribution in [-0.2, 0) is 6.61 Å². The molecule has 2 heterocycles. The fourth-order valence-electron chi connectivity index (χ4n) is 2.99. The maximum atomic E-state index is 12.4. The number of pyridine rings is 1. The minimum Gasteiger partial charge on any atom is -0.487 e. The van der Waals surface area contributed by atoms with E-state index < -0.39 is 4.92 Å². The lowest BCUT2D eigenvalue weighted by atomic mass is 10.2. The van der Waals surface area contributed by atoms with E-state index in [1.165, 1.54) is 18.2 Å². The van der Waals surface area contributed by atoms with Crippen molar-refractivity contribution in [3.63, 3.8) is 0 Å². The molecule has 0 aliphatic rings. The number of aryl methyl sites for hydroxylation is 1. The van der Waals surface area contributed by atoms with E-state index in [2.05, 4.69) is 10.3 Å². The summed E-state index contributed by atoms with van der Waals surface area (Å²) in [6.07, 6.45) is 3.92. The van der Waals surface area contributed by atoms with E-state index in [0.717, 1.165) is 16.9 Å². The summed E-state index contributed by atoms with van der Waals surface area (Å²) in [5, 5.41) is 13.5. The third-order valence-corrected chi connectivity index (χ3v) is 4.47. The van der Waals surface area contributed by atoms with Crippen LogP contribution in [0.15, 0.2) is 73.1 Å². The third-order valence-electron chi connectivity index (χ3n) is 4.47. The normalized spacial score (nSPS) is 10.7. The summed E-state index contributed by atoms with van der Waals surface area (Å²) in [4.78, 5) is 27.2. The first kappa shape index (κ1) is 19.1. The zero-order valence-electron chi connectivity index (χ0n) is 16.1. The van der Waals surface area contributed by atoms with Crippen LogP contribution in [0.4, 0.5) is 11.4 Å². The van der Waals surface area contributed by atoms with Gasteiger partial charge < -0.3 is 14.5 Å². The number of non-ortho nitro benzene ring substituents is 1. The smallest absolute Gasteiger partial charge is 0.271 e. The molecular formula is C22H18N4O4. The molecule has 1 N–H and O–H groups in total. The Morgan fingerprint density at radius 3 is 2.70 bits per heavy atom. The van der Waals surface area contributed by atoms with Crippen LogP contribution in [0.3, 0.4) is 0 Å². The van der Waals surface area contributed by atoms with Gasteiger partial charge in [-0.05, 0) is 48.9 Å². The maximum absolute atomic E-state index is 12.4. The van der Waals surface area contributed by atoms with E-state index in [1.807, 2.05) is 35.9 Å². The largest absolute Gasteiger partial charge is 0.487 e. The molecule has 0 unspecified atom stereocenters. The van der Waals surface area contributed by atoms with Crippen molar-refractivity contribution >= 4 is 22.9 Å². The SMILES string of the molecule is Cc1ccc2nc(COc3ccc(C(=O)Nc4cccc([N+](=O)[O-])c4)cc3)cn2c1. The lowest BCUT2D eigenvalue weighted by Crippen LogP contribution is -2.11. The Morgan fingerprint density at radius 2 is 1.93 bits per heavy atom. The monoisotopic (exact) mass is 402 g/mol. The number of benzene rings is 2. The Kier molecular flexibility index (Phi) is 5.13. The zero-order valence-corrected chi connectivity index (χ0v) is 16.1. The Bertz CT molecular complexity index is 1230. The van der Waals surface area contributed by atoms with Crippen molar-refractivity contribution in [1.29, 1.82) is 0 Å². The number of nitrogens with one attached hydrogen (secondary N) is 1. The quantitative estimate of drug-likeness (QED) is 0.381. The number of ether oxygens (including phenoxy) is 1. The zero-order chi connectivity index (χ0) is 21.1. The molecule has 30 heavy (non-hydrogen) atoms. The molecule has 1 amide bonds. The number of aromatic nitrogens is 2. The van der Waals surface area contributed by atoms with Crippen molar-refractivity contribution in [2.75, 3.05) is 5.32 Å². The highest BCUT2D eigenvalue weighted by Gasteiger charge is 2.10. The van der Waals surface area contributed by atoms with Gasteiger partial charge in [-0.1, -0.05) is 12.1 Å². The predicted molar refractivity (Wildman–Crippen MR) is 112 cm³/mol.